The summed E-state index contributed by atoms with van der Waals surface area (Å²) in [6, 6.07) is 7.86. The van der Waals surface area contributed by atoms with Crippen molar-refractivity contribution in [1.82, 2.24) is 0 Å². The van der Waals surface area contributed by atoms with Crippen molar-refractivity contribution in [3.05, 3.63) is 64.2 Å². The minimum absolute atomic E-state index is 0.0101. The maximum absolute atomic E-state index is 12.8. The van der Waals surface area contributed by atoms with Crippen molar-refractivity contribution in [3.63, 3.8) is 0 Å². The van der Waals surface area contributed by atoms with E-state index in [1.54, 1.807) is 24.3 Å². The van der Waals surface area contributed by atoms with E-state index >= 15 is 0 Å². The number of nitrogens with one attached hydrogen (secondary N) is 1. The average molecular weight is 410 g/mol. The van der Waals surface area contributed by atoms with Crippen molar-refractivity contribution < 1.29 is 31.1 Å². The lowest BCUT2D eigenvalue weighted by molar-refractivity contribution is -0.143. The number of amides is 1. The standard InChI is InChI=1S/C18H14ClF6NO/c19-14-6-4-11(5-7-14)2-1-3-16(27)26-15-9-12(17(20,21)22)8-13(10-15)18(23,24)25/h4-10H,1-3H2,(H,26,27). The Morgan fingerprint density at radius 1 is 0.889 bits per heavy atom. The van der Waals surface area contributed by atoms with Gasteiger partial charge in [0, 0.05) is 17.1 Å². The minimum Gasteiger partial charge on any atom is -0.326 e. The summed E-state index contributed by atoms with van der Waals surface area (Å²) in [5, 5.41) is 2.66. The van der Waals surface area contributed by atoms with E-state index in [2.05, 4.69) is 5.32 Å². The molecule has 9 heteroatoms. The van der Waals surface area contributed by atoms with Gasteiger partial charge in [-0.3, -0.25) is 4.79 Å². The van der Waals surface area contributed by atoms with Gasteiger partial charge in [0.15, 0.2) is 0 Å². The van der Waals surface area contributed by atoms with E-state index in [9.17, 15) is 31.1 Å². The molecule has 0 fully saturated rings. The number of halogens is 7. The predicted octanol–water partition coefficient (Wildman–Crippen LogP) is 6.34. The van der Waals surface area contributed by atoms with Gasteiger partial charge in [-0.15, -0.1) is 0 Å². The molecule has 0 spiro atoms. The fraction of sp³-hybridized carbons (Fsp3) is 0.278. The van der Waals surface area contributed by atoms with Crippen LogP contribution in [-0.4, -0.2) is 5.91 Å². The molecule has 0 bridgehead atoms. The third-order valence-corrected chi connectivity index (χ3v) is 3.91. The summed E-state index contributed by atoms with van der Waals surface area (Å²) in [5.41, 5.74) is -2.60. The maximum Gasteiger partial charge on any atom is 0.416 e. The molecule has 2 nitrogen and oxygen atoms in total. The van der Waals surface area contributed by atoms with Crippen LogP contribution in [0.4, 0.5) is 32.0 Å². The molecule has 2 aromatic rings. The molecule has 1 amide bonds. The molecular weight excluding hydrogens is 396 g/mol. The Balaban J connectivity index is 2.04. The number of carbonyl (C=O) groups excluding carboxylic acids is 1. The largest absolute Gasteiger partial charge is 0.416 e. The van der Waals surface area contributed by atoms with E-state index in [0.717, 1.165) is 5.56 Å². The number of rotatable bonds is 5. The van der Waals surface area contributed by atoms with Gasteiger partial charge in [-0.25, -0.2) is 0 Å². The predicted molar refractivity (Wildman–Crippen MR) is 89.5 cm³/mol. The van der Waals surface area contributed by atoms with Crippen molar-refractivity contribution in [3.8, 4) is 0 Å². The van der Waals surface area contributed by atoms with Crippen LogP contribution in [0.2, 0.25) is 5.02 Å². The number of aryl methyl sites for hydroxylation is 1. The van der Waals surface area contributed by atoms with Crippen LogP contribution in [-0.2, 0) is 23.6 Å². The number of benzene rings is 2. The Bertz CT molecular complexity index is 767. The fourth-order valence-corrected chi connectivity index (χ4v) is 2.48. The first kappa shape index (κ1) is 21.1. The summed E-state index contributed by atoms with van der Waals surface area (Å²) in [7, 11) is 0. The highest BCUT2D eigenvalue weighted by Gasteiger charge is 2.37. The van der Waals surface area contributed by atoms with Crippen molar-refractivity contribution in [2.75, 3.05) is 5.32 Å². The zero-order chi connectivity index (χ0) is 20.2. The van der Waals surface area contributed by atoms with Crippen LogP contribution in [0.5, 0.6) is 0 Å². The molecular formula is C18H14ClF6NO. The summed E-state index contributed by atoms with van der Waals surface area (Å²) in [4.78, 5) is 11.9. The molecule has 0 aliphatic heterocycles. The molecule has 0 radical (unpaired) electrons. The Morgan fingerprint density at radius 2 is 1.41 bits per heavy atom. The normalized spacial score (nSPS) is 12.1. The van der Waals surface area contributed by atoms with Gasteiger partial charge in [0.1, 0.15) is 0 Å². The zero-order valence-corrected chi connectivity index (χ0v) is 14.5. The second-order valence-corrected chi connectivity index (χ2v) is 6.26. The van der Waals surface area contributed by atoms with Crippen LogP contribution in [0.1, 0.15) is 29.5 Å². The summed E-state index contributed by atoms with van der Waals surface area (Å²) >= 11 is 5.75. The minimum atomic E-state index is -4.96. The van der Waals surface area contributed by atoms with Gasteiger partial charge in [-0.2, -0.15) is 26.3 Å². The van der Waals surface area contributed by atoms with Gasteiger partial charge in [-0.05, 0) is 48.7 Å². The van der Waals surface area contributed by atoms with Crippen molar-refractivity contribution >= 4 is 23.2 Å². The second-order valence-electron chi connectivity index (χ2n) is 5.82. The highest BCUT2D eigenvalue weighted by atomic mass is 35.5. The highest BCUT2D eigenvalue weighted by Crippen LogP contribution is 2.37. The third-order valence-electron chi connectivity index (χ3n) is 3.65. The molecule has 2 aromatic carbocycles. The van der Waals surface area contributed by atoms with Crippen molar-refractivity contribution in [1.29, 1.82) is 0 Å². The molecule has 0 aromatic heterocycles. The Kier molecular flexibility index (Phi) is 6.41. The quantitative estimate of drug-likeness (QED) is 0.574. The summed E-state index contributed by atoms with van der Waals surface area (Å²) in [6.45, 7) is 0. The smallest absolute Gasteiger partial charge is 0.326 e. The van der Waals surface area contributed by atoms with Crippen LogP contribution in [0.15, 0.2) is 42.5 Å². The lowest BCUT2D eigenvalue weighted by Crippen LogP contribution is -2.15. The molecule has 27 heavy (non-hydrogen) atoms. The van der Waals surface area contributed by atoms with Gasteiger partial charge in [0.25, 0.3) is 0 Å². The Hall–Kier alpha value is -2.22. The van der Waals surface area contributed by atoms with E-state index in [1.165, 1.54) is 0 Å². The molecule has 0 atom stereocenters. The number of hydrogen-bond donors (Lipinski definition) is 1. The Morgan fingerprint density at radius 3 is 1.89 bits per heavy atom. The van der Waals surface area contributed by atoms with Gasteiger partial charge < -0.3 is 5.32 Å². The van der Waals surface area contributed by atoms with Gasteiger partial charge in [0.2, 0.25) is 5.91 Å². The van der Waals surface area contributed by atoms with Crippen LogP contribution in [0.3, 0.4) is 0 Å². The summed E-state index contributed by atoms with van der Waals surface area (Å²) in [5.74, 6) is -0.670. The lowest BCUT2D eigenvalue weighted by Gasteiger charge is -2.14. The van der Waals surface area contributed by atoms with Crippen LogP contribution >= 0.6 is 11.6 Å². The first-order chi connectivity index (χ1) is 12.4. The fourth-order valence-electron chi connectivity index (χ4n) is 2.35. The average Bonchev–Trinajstić information content (AvgIpc) is 2.55. The van der Waals surface area contributed by atoms with Gasteiger partial charge in [-0.1, -0.05) is 23.7 Å². The first-order valence-corrected chi connectivity index (χ1v) is 8.17. The monoisotopic (exact) mass is 409 g/mol. The van der Waals surface area contributed by atoms with E-state index in [4.69, 9.17) is 11.6 Å². The van der Waals surface area contributed by atoms with E-state index in [0.29, 0.717) is 30.0 Å². The van der Waals surface area contributed by atoms with Crippen LogP contribution < -0.4 is 5.32 Å². The van der Waals surface area contributed by atoms with E-state index in [-0.39, 0.29) is 12.5 Å². The van der Waals surface area contributed by atoms with Gasteiger partial charge >= 0.3 is 12.4 Å². The molecule has 2 rings (SSSR count). The van der Waals surface area contributed by atoms with Gasteiger partial charge in [0.05, 0.1) is 11.1 Å². The molecule has 0 unspecified atom stereocenters. The molecule has 0 saturated heterocycles. The lowest BCUT2D eigenvalue weighted by atomic mass is 10.1. The van der Waals surface area contributed by atoms with Crippen LogP contribution in [0.25, 0.3) is 0 Å². The highest BCUT2D eigenvalue weighted by molar-refractivity contribution is 6.30. The topological polar surface area (TPSA) is 29.1 Å². The molecule has 0 saturated carbocycles. The molecule has 0 aliphatic rings. The first-order valence-electron chi connectivity index (χ1n) is 7.79. The molecule has 0 aliphatic carbocycles. The van der Waals surface area contributed by atoms with Crippen molar-refractivity contribution in [2.45, 2.75) is 31.6 Å². The number of anilines is 1. The molecule has 0 heterocycles. The van der Waals surface area contributed by atoms with Crippen LogP contribution in [0, 0.1) is 0 Å². The van der Waals surface area contributed by atoms with E-state index in [1.807, 2.05) is 0 Å². The van der Waals surface area contributed by atoms with Crippen molar-refractivity contribution in [2.24, 2.45) is 0 Å². The second kappa shape index (κ2) is 8.21. The molecule has 146 valence electrons. The Labute approximate surface area is 156 Å². The third kappa shape index (κ3) is 6.46. The van der Waals surface area contributed by atoms with E-state index < -0.39 is 35.1 Å². The maximum atomic E-state index is 12.8. The number of hydrogen-bond acceptors (Lipinski definition) is 1. The summed E-state index contributed by atoms with van der Waals surface area (Å²) < 4.78 is 76.8. The summed E-state index contributed by atoms with van der Waals surface area (Å²) in [6.07, 6.45) is -9.09. The number of carbonyl (C=O) groups is 1. The SMILES string of the molecule is O=C(CCCc1ccc(Cl)cc1)Nc1cc(C(F)(F)F)cc(C(F)(F)F)c1. The number of alkyl halides is 6. The molecule has 1 N–H and O–H groups in total. The zero-order valence-electron chi connectivity index (χ0n) is 13.7.